The van der Waals surface area contributed by atoms with Crippen LogP contribution < -0.4 is 0 Å². The summed E-state index contributed by atoms with van der Waals surface area (Å²) in [6.45, 7) is 0.0168. The molecule has 0 atom stereocenters. The highest BCUT2D eigenvalue weighted by atomic mass is 79.9. The van der Waals surface area contributed by atoms with Crippen LogP contribution in [-0.2, 0) is 13.0 Å². The van der Waals surface area contributed by atoms with Crippen molar-refractivity contribution in [1.82, 2.24) is 0 Å². The summed E-state index contributed by atoms with van der Waals surface area (Å²) in [6.07, 6.45) is 2.42. The first-order valence-electron chi connectivity index (χ1n) is 4.68. The molecule has 0 heterocycles. The van der Waals surface area contributed by atoms with Crippen molar-refractivity contribution in [2.45, 2.75) is 25.9 Å². The third-order valence-corrected chi connectivity index (χ3v) is 3.30. The maximum absolute atomic E-state index is 11.7. The number of aliphatic hydroxyl groups is 1. The molecule has 0 amide bonds. The normalized spacial score (nSPS) is 15.4. The number of halogens is 1. The van der Waals surface area contributed by atoms with Gasteiger partial charge in [-0.2, -0.15) is 0 Å². The van der Waals surface area contributed by atoms with E-state index in [-0.39, 0.29) is 12.4 Å². The lowest BCUT2D eigenvalue weighted by molar-refractivity contribution is 0.0971. The number of rotatable bonds is 1. The van der Waals surface area contributed by atoms with Gasteiger partial charge in [-0.1, -0.05) is 22.0 Å². The Morgan fingerprint density at radius 1 is 1.36 bits per heavy atom. The molecule has 1 aromatic carbocycles. The van der Waals surface area contributed by atoms with Gasteiger partial charge in [0.05, 0.1) is 6.61 Å². The molecular formula is C11H11BrO2. The number of carbonyl (C=O) groups excluding carboxylic acids is 1. The maximum Gasteiger partial charge on any atom is 0.164 e. The van der Waals surface area contributed by atoms with Crippen LogP contribution in [0.5, 0.6) is 0 Å². The Hall–Kier alpha value is -0.670. The van der Waals surface area contributed by atoms with E-state index in [0.29, 0.717) is 6.42 Å². The topological polar surface area (TPSA) is 37.3 Å². The molecule has 0 aliphatic heterocycles. The lowest BCUT2D eigenvalue weighted by atomic mass is 9.87. The Kier molecular flexibility index (Phi) is 2.70. The molecule has 0 radical (unpaired) electrons. The Labute approximate surface area is 91.1 Å². The number of aliphatic hydroxyl groups excluding tert-OH is 1. The van der Waals surface area contributed by atoms with Crippen molar-refractivity contribution in [3.63, 3.8) is 0 Å². The molecule has 1 aliphatic carbocycles. The number of ketones is 1. The van der Waals surface area contributed by atoms with Crippen molar-refractivity contribution < 1.29 is 9.90 Å². The van der Waals surface area contributed by atoms with Gasteiger partial charge in [0.25, 0.3) is 0 Å². The van der Waals surface area contributed by atoms with E-state index < -0.39 is 0 Å². The lowest BCUT2D eigenvalue weighted by Gasteiger charge is -2.18. The highest BCUT2D eigenvalue weighted by Gasteiger charge is 2.21. The minimum Gasteiger partial charge on any atom is -0.392 e. The van der Waals surface area contributed by atoms with Crippen LogP contribution in [-0.4, -0.2) is 10.9 Å². The SMILES string of the molecule is O=C1CCCc2c(CO)ccc(Br)c21. The number of hydrogen-bond acceptors (Lipinski definition) is 2. The quantitative estimate of drug-likeness (QED) is 0.836. The third-order valence-electron chi connectivity index (χ3n) is 2.64. The Balaban J connectivity index is 2.63. The van der Waals surface area contributed by atoms with Crippen LogP contribution in [0.3, 0.4) is 0 Å². The second-order valence-corrected chi connectivity index (χ2v) is 4.35. The van der Waals surface area contributed by atoms with Crippen LogP contribution in [0.1, 0.15) is 34.3 Å². The van der Waals surface area contributed by atoms with E-state index in [4.69, 9.17) is 5.11 Å². The lowest BCUT2D eigenvalue weighted by Crippen LogP contribution is -2.14. The molecule has 14 heavy (non-hydrogen) atoms. The summed E-state index contributed by atoms with van der Waals surface area (Å²) in [6, 6.07) is 3.72. The average molecular weight is 255 g/mol. The molecular weight excluding hydrogens is 244 g/mol. The highest BCUT2D eigenvalue weighted by Crippen LogP contribution is 2.30. The van der Waals surface area contributed by atoms with Gasteiger partial charge in [0.1, 0.15) is 0 Å². The zero-order valence-corrected chi connectivity index (χ0v) is 9.30. The van der Waals surface area contributed by atoms with Crippen LogP contribution in [0.4, 0.5) is 0 Å². The molecule has 1 aliphatic rings. The fourth-order valence-corrected chi connectivity index (χ4v) is 2.54. The predicted octanol–water partition coefficient (Wildman–Crippen LogP) is 2.46. The molecule has 1 aromatic rings. The van der Waals surface area contributed by atoms with Gasteiger partial charge in [0.2, 0.25) is 0 Å². The fraction of sp³-hybridized carbons (Fsp3) is 0.364. The zero-order chi connectivity index (χ0) is 10.1. The number of fused-ring (bicyclic) bond motifs is 1. The molecule has 1 N–H and O–H groups in total. The monoisotopic (exact) mass is 254 g/mol. The van der Waals surface area contributed by atoms with Gasteiger partial charge in [-0.15, -0.1) is 0 Å². The summed E-state index contributed by atoms with van der Waals surface area (Å²) in [5.41, 5.74) is 2.69. The number of hydrogen-bond donors (Lipinski definition) is 1. The summed E-state index contributed by atoms with van der Waals surface area (Å²) in [7, 11) is 0. The Morgan fingerprint density at radius 3 is 2.86 bits per heavy atom. The van der Waals surface area contributed by atoms with Crippen molar-refractivity contribution in [1.29, 1.82) is 0 Å². The average Bonchev–Trinajstić information content (AvgIpc) is 2.18. The molecule has 0 aromatic heterocycles. The molecule has 0 bridgehead atoms. The molecule has 74 valence electrons. The van der Waals surface area contributed by atoms with Gasteiger partial charge in [0, 0.05) is 16.5 Å². The fourth-order valence-electron chi connectivity index (χ4n) is 1.95. The van der Waals surface area contributed by atoms with Gasteiger partial charge in [0.15, 0.2) is 5.78 Å². The Bertz CT molecular complexity index is 385. The second-order valence-electron chi connectivity index (χ2n) is 3.49. The van der Waals surface area contributed by atoms with Crippen molar-refractivity contribution in [2.24, 2.45) is 0 Å². The zero-order valence-electron chi connectivity index (χ0n) is 7.72. The summed E-state index contributed by atoms with van der Waals surface area (Å²) < 4.78 is 0.856. The molecule has 0 saturated heterocycles. The number of carbonyl (C=O) groups is 1. The van der Waals surface area contributed by atoms with Crippen LogP contribution in [0.25, 0.3) is 0 Å². The highest BCUT2D eigenvalue weighted by molar-refractivity contribution is 9.10. The van der Waals surface area contributed by atoms with Crippen molar-refractivity contribution in [2.75, 3.05) is 0 Å². The number of Topliss-reactive ketones (excluding diaryl/α,β-unsaturated/α-hetero) is 1. The predicted molar refractivity (Wildman–Crippen MR) is 57.3 cm³/mol. The van der Waals surface area contributed by atoms with Crippen LogP contribution >= 0.6 is 15.9 Å². The van der Waals surface area contributed by atoms with E-state index in [9.17, 15) is 4.79 Å². The van der Waals surface area contributed by atoms with Crippen molar-refractivity contribution >= 4 is 21.7 Å². The van der Waals surface area contributed by atoms with E-state index in [1.807, 2.05) is 12.1 Å². The molecule has 0 saturated carbocycles. The third kappa shape index (κ3) is 1.51. The minimum absolute atomic E-state index is 0.0168. The summed E-state index contributed by atoms with van der Waals surface area (Å²) in [5.74, 6) is 0.188. The van der Waals surface area contributed by atoms with Gasteiger partial charge in [-0.3, -0.25) is 4.79 Å². The van der Waals surface area contributed by atoms with Crippen LogP contribution in [0.15, 0.2) is 16.6 Å². The summed E-state index contributed by atoms with van der Waals surface area (Å²) in [4.78, 5) is 11.7. The second kappa shape index (κ2) is 3.83. The first kappa shape index (κ1) is 9.87. The molecule has 3 heteroatoms. The van der Waals surface area contributed by atoms with Gasteiger partial charge in [-0.05, 0) is 30.0 Å². The molecule has 0 spiro atoms. The van der Waals surface area contributed by atoms with E-state index >= 15 is 0 Å². The largest absolute Gasteiger partial charge is 0.392 e. The minimum atomic E-state index is 0.0168. The van der Waals surface area contributed by atoms with E-state index in [2.05, 4.69) is 15.9 Å². The summed E-state index contributed by atoms with van der Waals surface area (Å²) >= 11 is 3.38. The van der Waals surface area contributed by atoms with E-state index in [1.54, 1.807) is 0 Å². The van der Waals surface area contributed by atoms with E-state index in [1.165, 1.54) is 0 Å². The standard InChI is InChI=1S/C11H11BrO2/c12-9-5-4-7(6-13)8-2-1-3-10(14)11(8)9/h4-5,13H,1-3,6H2. The first-order valence-corrected chi connectivity index (χ1v) is 5.47. The van der Waals surface area contributed by atoms with Gasteiger partial charge < -0.3 is 5.11 Å². The first-order chi connectivity index (χ1) is 6.74. The Morgan fingerprint density at radius 2 is 2.14 bits per heavy atom. The number of benzene rings is 1. The van der Waals surface area contributed by atoms with E-state index in [0.717, 1.165) is 34.0 Å². The van der Waals surface area contributed by atoms with Gasteiger partial charge in [-0.25, -0.2) is 0 Å². The van der Waals surface area contributed by atoms with Crippen LogP contribution in [0.2, 0.25) is 0 Å². The van der Waals surface area contributed by atoms with Gasteiger partial charge >= 0.3 is 0 Å². The molecule has 0 fully saturated rings. The van der Waals surface area contributed by atoms with Crippen molar-refractivity contribution in [3.05, 3.63) is 33.3 Å². The smallest absolute Gasteiger partial charge is 0.164 e. The van der Waals surface area contributed by atoms with Crippen molar-refractivity contribution in [3.8, 4) is 0 Å². The molecule has 0 unspecified atom stereocenters. The molecule has 2 rings (SSSR count). The maximum atomic E-state index is 11.7. The summed E-state index contributed by atoms with van der Waals surface area (Å²) in [5, 5.41) is 9.14. The van der Waals surface area contributed by atoms with Crippen LogP contribution in [0, 0.1) is 0 Å². The molecule has 2 nitrogen and oxygen atoms in total.